The summed E-state index contributed by atoms with van der Waals surface area (Å²) in [6.45, 7) is 7.48. The highest BCUT2D eigenvalue weighted by Gasteiger charge is 2.80. The zero-order valence-corrected chi connectivity index (χ0v) is 20.7. The third-order valence-electron chi connectivity index (χ3n) is 9.48. The lowest BCUT2D eigenvalue weighted by molar-refractivity contribution is -0.250. The van der Waals surface area contributed by atoms with Gasteiger partial charge in [0.25, 0.3) is 0 Å². The Morgan fingerprint density at radius 1 is 1.17 bits per heavy atom. The second kappa shape index (κ2) is 7.31. The Morgan fingerprint density at radius 2 is 1.86 bits per heavy atom. The first-order valence-corrected chi connectivity index (χ1v) is 12.2. The average Bonchev–Trinajstić information content (AvgIpc) is 3.16. The molecular formula is C26H33FO8. The van der Waals surface area contributed by atoms with Gasteiger partial charge in [-0.25, -0.2) is 4.39 Å². The Kier molecular flexibility index (Phi) is 5.17. The number of ether oxygens (including phenoxy) is 3. The Balaban J connectivity index is 1.62. The van der Waals surface area contributed by atoms with Crippen LogP contribution < -0.4 is 0 Å². The molecule has 4 fully saturated rings. The van der Waals surface area contributed by atoms with Crippen LogP contribution in [0.2, 0.25) is 0 Å². The summed E-state index contributed by atoms with van der Waals surface area (Å²) in [5, 5.41) is 22.5. The highest BCUT2D eigenvalue weighted by molar-refractivity contribution is 6.01. The van der Waals surface area contributed by atoms with Crippen LogP contribution in [0.5, 0.6) is 0 Å². The molecule has 5 rings (SSSR count). The highest BCUT2D eigenvalue weighted by atomic mass is 19.1. The van der Waals surface area contributed by atoms with E-state index in [4.69, 9.17) is 14.2 Å². The summed E-state index contributed by atoms with van der Waals surface area (Å²) in [6, 6.07) is 0. The van der Waals surface area contributed by atoms with E-state index >= 15 is 4.39 Å². The minimum absolute atomic E-state index is 0.0132. The summed E-state index contributed by atoms with van der Waals surface area (Å²) in [4.78, 5) is 37.2. The van der Waals surface area contributed by atoms with E-state index in [1.54, 1.807) is 27.7 Å². The molecule has 0 spiro atoms. The molecule has 0 bridgehead atoms. The molecule has 1 heterocycles. The summed E-state index contributed by atoms with van der Waals surface area (Å²) in [7, 11) is 0. The molecule has 0 amide bonds. The lowest BCUT2D eigenvalue weighted by atomic mass is 9.44. The van der Waals surface area contributed by atoms with Crippen LogP contribution >= 0.6 is 0 Å². The number of carbonyl (C=O) groups is 3. The fourth-order valence-electron chi connectivity index (χ4n) is 8.12. The Bertz CT molecular complexity index is 1070. The molecule has 0 aromatic heterocycles. The molecule has 3 saturated carbocycles. The van der Waals surface area contributed by atoms with Gasteiger partial charge in [0.05, 0.1) is 18.3 Å². The van der Waals surface area contributed by atoms with Crippen LogP contribution in [0.25, 0.3) is 0 Å². The lowest BCUT2D eigenvalue weighted by Gasteiger charge is -2.63. The lowest BCUT2D eigenvalue weighted by Crippen LogP contribution is -2.71. The number of carbonyl (C=O) groups excluding carboxylic acids is 3. The largest absolute Gasteiger partial charge is 0.458 e. The number of aliphatic hydroxyl groups excluding tert-OH is 2. The first kappa shape index (κ1) is 24.7. The van der Waals surface area contributed by atoms with E-state index in [0.717, 1.165) is 0 Å². The van der Waals surface area contributed by atoms with Crippen molar-refractivity contribution in [2.45, 2.75) is 89.2 Å². The van der Waals surface area contributed by atoms with E-state index in [0.29, 0.717) is 0 Å². The predicted molar refractivity (Wildman–Crippen MR) is 120 cm³/mol. The maximum absolute atomic E-state index is 17.3. The molecule has 9 atom stereocenters. The predicted octanol–water partition coefficient (Wildman–Crippen LogP) is 1.96. The molecule has 9 heteroatoms. The van der Waals surface area contributed by atoms with Crippen LogP contribution in [-0.4, -0.2) is 69.7 Å². The number of allylic oxidation sites excluding steroid dienone is 3. The number of Topliss-reactive ketones (excluding diaryl/α,β-unsaturated/α-hetero) is 1. The van der Waals surface area contributed by atoms with Gasteiger partial charge in [0.2, 0.25) is 5.78 Å². The van der Waals surface area contributed by atoms with Crippen LogP contribution in [0.1, 0.15) is 53.9 Å². The molecule has 2 N–H and O–H groups in total. The number of esters is 1. The van der Waals surface area contributed by atoms with E-state index in [1.807, 2.05) is 0 Å². The molecule has 192 valence electrons. The maximum Gasteiger partial charge on any atom is 0.303 e. The minimum Gasteiger partial charge on any atom is -0.458 e. The van der Waals surface area contributed by atoms with E-state index in [-0.39, 0.29) is 30.6 Å². The second-order valence-electron chi connectivity index (χ2n) is 11.7. The van der Waals surface area contributed by atoms with Gasteiger partial charge in [-0.05, 0) is 63.7 Å². The summed E-state index contributed by atoms with van der Waals surface area (Å²) in [5.41, 5.74) is -5.93. The summed E-state index contributed by atoms with van der Waals surface area (Å²) >= 11 is 0. The van der Waals surface area contributed by atoms with Crippen LogP contribution in [0.3, 0.4) is 0 Å². The van der Waals surface area contributed by atoms with Crippen molar-refractivity contribution in [1.29, 1.82) is 0 Å². The van der Waals surface area contributed by atoms with Crippen LogP contribution in [0, 0.1) is 22.7 Å². The van der Waals surface area contributed by atoms with Crippen LogP contribution in [0.4, 0.5) is 4.39 Å². The Hall–Kier alpha value is -1.94. The van der Waals surface area contributed by atoms with E-state index in [2.05, 4.69) is 0 Å². The van der Waals surface area contributed by atoms with Crippen molar-refractivity contribution in [2.24, 2.45) is 22.7 Å². The number of hydrogen-bond donors (Lipinski definition) is 2. The topological polar surface area (TPSA) is 119 Å². The molecule has 35 heavy (non-hydrogen) atoms. The Labute approximate surface area is 203 Å². The smallest absolute Gasteiger partial charge is 0.303 e. The first-order chi connectivity index (χ1) is 16.1. The van der Waals surface area contributed by atoms with Crippen molar-refractivity contribution in [1.82, 2.24) is 0 Å². The fourth-order valence-corrected chi connectivity index (χ4v) is 8.12. The standard InChI is InChI=1S/C26H33FO8/c1-13(28)33-12-20(32)26-21(34-22(2,3)35-26)10-15-16-9-18(30)17-8-14(29)6-7-23(17,4)25(16,27)19(31)11-24(15,26)5/h6-8,15-16,18-19,21,30-31H,9-12H2,1-5H3/t15-,16+,18-,19+,21+,23+,24+,25-,26+/m1/s1. The number of rotatable bonds is 3. The zero-order valence-electron chi connectivity index (χ0n) is 20.7. The molecule has 4 aliphatic carbocycles. The number of hydrogen-bond acceptors (Lipinski definition) is 8. The second-order valence-corrected chi connectivity index (χ2v) is 11.7. The van der Waals surface area contributed by atoms with Gasteiger partial charge in [0, 0.05) is 23.7 Å². The summed E-state index contributed by atoms with van der Waals surface area (Å²) in [6.07, 6.45) is 0.830. The molecule has 0 unspecified atom stereocenters. The minimum atomic E-state index is -2.19. The number of ketones is 2. The SMILES string of the molecule is CC(=O)OCC(=O)[C@]12OC(C)(C)O[C@H]1C[C@@H]1[C@@H]3C[C@@H](O)C4=CC(=O)C=C[C@]4(C)[C@]3(F)[C@@H](O)C[C@@]12C. The van der Waals surface area contributed by atoms with Crippen LogP contribution in [-0.2, 0) is 28.6 Å². The van der Waals surface area contributed by atoms with E-state index < -0.39 is 76.4 Å². The number of halogens is 1. The van der Waals surface area contributed by atoms with Gasteiger partial charge >= 0.3 is 5.97 Å². The third-order valence-corrected chi connectivity index (χ3v) is 9.48. The van der Waals surface area contributed by atoms with Gasteiger partial charge < -0.3 is 24.4 Å². The molecule has 8 nitrogen and oxygen atoms in total. The van der Waals surface area contributed by atoms with Crippen molar-refractivity contribution >= 4 is 17.5 Å². The van der Waals surface area contributed by atoms with Crippen molar-refractivity contribution in [2.75, 3.05) is 6.61 Å². The molecule has 5 aliphatic rings. The molecular weight excluding hydrogens is 459 g/mol. The summed E-state index contributed by atoms with van der Waals surface area (Å²) < 4.78 is 34.9. The highest BCUT2D eigenvalue weighted by Crippen LogP contribution is 2.72. The molecule has 0 aromatic rings. The maximum atomic E-state index is 17.3. The van der Waals surface area contributed by atoms with Gasteiger partial charge in [-0.1, -0.05) is 13.0 Å². The zero-order chi connectivity index (χ0) is 25.8. The average molecular weight is 493 g/mol. The van der Waals surface area contributed by atoms with Crippen molar-refractivity contribution < 1.29 is 43.2 Å². The van der Waals surface area contributed by atoms with Gasteiger partial charge in [-0.3, -0.25) is 14.4 Å². The monoisotopic (exact) mass is 492 g/mol. The fraction of sp³-hybridized carbons (Fsp3) is 0.731. The first-order valence-electron chi connectivity index (χ1n) is 12.2. The van der Waals surface area contributed by atoms with Crippen molar-refractivity contribution in [3.8, 4) is 0 Å². The van der Waals surface area contributed by atoms with Gasteiger partial charge in [-0.15, -0.1) is 0 Å². The molecule has 0 aromatic carbocycles. The van der Waals surface area contributed by atoms with Gasteiger partial charge in [0.15, 0.2) is 29.4 Å². The number of alkyl halides is 1. The van der Waals surface area contributed by atoms with Crippen LogP contribution in [0.15, 0.2) is 23.8 Å². The Morgan fingerprint density at radius 3 is 2.51 bits per heavy atom. The number of fused-ring (bicyclic) bond motifs is 7. The van der Waals surface area contributed by atoms with E-state index in [9.17, 15) is 24.6 Å². The molecule has 0 radical (unpaired) electrons. The summed E-state index contributed by atoms with van der Waals surface area (Å²) in [5.74, 6) is -3.87. The quantitative estimate of drug-likeness (QED) is 0.574. The van der Waals surface area contributed by atoms with Gasteiger partial charge in [0.1, 0.15) is 0 Å². The van der Waals surface area contributed by atoms with Crippen molar-refractivity contribution in [3.05, 3.63) is 23.8 Å². The molecule has 1 aliphatic heterocycles. The third kappa shape index (κ3) is 2.95. The molecule has 1 saturated heterocycles. The van der Waals surface area contributed by atoms with E-state index in [1.165, 1.54) is 25.2 Å². The van der Waals surface area contributed by atoms with Crippen molar-refractivity contribution in [3.63, 3.8) is 0 Å². The van der Waals surface area contributed by atoms with Gasteiger partial charge in [-0.2, -0.15) is 0 Å². The number of aliphatic hydroxyl groups is 2. The normalized spacial score (nSPS) is 49.4.